The third-order valence-corrected chi connectivity index (χ3v) is 3.11. The minimum atomic E-state index is 0.162. The lowest BCUT2D eigenvalue weighted by Gasteiger charge is -2.31. The molecule has 0 spiro atoms. The van der Waals surface area contributed by atoms with Gasteiger partial charge in [-0.25, -0.2) is 0 Å². The van der Waals surface area contributed by atoms with E-state index in [0.717, 1.165) is 31.6 Å². The van der Waals surface area contributed by atoms with Gasteiger partial charge in [0.25, 0.3) is 0 Å². The second kappa shape index (κ2) is 6.70. The molecule has 1 N–H and O–H groups in total. The van der Waals surface area contributed by atoms with Crippen LogP contribution in [0.2, 0.25) is 0 Å². The highest BCUT2D eigenvalue weighted by Crippen LogP contribution is 2.23. The number of rotatable bonds is 5. The van der Waals surface area contributed by atoms with E-state index in [9.17, 15) is 0 Å². The molecule has 0 saturated carbocycles. The summed E-state index contributed by atoms with van der Waals surface area (Å²) in [6, 6.07) is 0. The minimum Gasteiger partial charge on any atom is -0.473 e. The number of nitrogens with one attached hydrogen (secondary N) is 1. The fourth-order valence-electron chi connectivity index (χ4n) is 2.35. The van der Waals surface area contributed by atoms with Crippen molar-refractivity contribution in [2.75, 3.05) is 11.9 Å². The highest BCUT2D eigenvalue weighted by Gasteiger charge is 2.26. The van der Waals surface area contributed by atoms with Gasteiger partial charge in [-0.2, -0.15) is 4.98 Å². The lowest BCUT2D eigenvalue weighted by Crippen LogP contribution is -2.35. The summed E-state index contributed by atoms with van der Waals surface area (Å²) in [5, 5.41) is 3.21. The van der Waals surface area contributed by atoms with E-state index in [1.807, 2.05) is 0 Å². The number of aromatic nitrogens is 2. The van der Waals surface area contributed by atoms with E-state index in [2.05, 4.69) is 36.1 Å². The van der Waals surface area contributed by atoms with E-state index < -0.39 is 0 Å². The molecule has 19 heavy (non-hydrogen) atoms. The molecule has 0 aliphatic carbocycles. The Morgan fingerprint density at radius 1 is 1.32 bits per heavy atom. The molecule has 2 rings (SSSR count). The van der Waals surface area contributed by atoms with Gasteiger partial charge in [-0.05, 0) is 20.3 Å². The Hall–Kier alpha value is -1.36. The third kappa shape index (κ3) is 4.35. The van der Waals surface area contributed by atoms with Crippen molar-refractivity contribution in [1.29, 1.82) is 0 Å². The van der Waals surface area contributed by atoms with Gasteiger partial charge in [-0.15, -0.1) is 0 Å². The van der Waals surface area contributed by atoms with Crippen molar-refractivity contribution in [1.82, 2.24) is 9.97 Å². The molecule has 106 valence electrons. The van der Waals surface area contributed by atoms with E-state index in [4.69, 9.17) is 9.47 Å². The normalized spacial score (nSPS) is 27.0. The quantitative estimate of drug-likeness (QED) is 0.887. The van der Waals surface area contributed by atoms with Gasteiger partial charge in [0.2, 0.25) is 5.88 Å². The van der Waals surface area contributed by atoms with Crippen molar-refractivity contribution >= 4 is 5.82 Å². The first-order chi connectivity index (χ1) is 9.17. The van der Waals surface area contributed by atoms with Gasteiger partial charge >= 0.3 is 0 Å². The van der Waals surface area contributed by atoms with Crippen molar-refractivity contribution in [2.45, 2.75) is 58.3 Å². The van der Waals surface area contributed by atoms with Crippen LogP contribution in [0.5, 0.6) is 5.88 Å². The maximum Gasteiger partial charge on any atom is 0.234 e. The number of hydrogen-bond acceptors (Lipinski definition) is 5. The predicted octanol–water partition coefficient (Wildman–Crippen LogP) is 2.63. The van der Waals surface area contributed by atoms with Crippen LogP contribution in [-0.2, 0) is 4.74 Å². The summed E-state index contributed by atoms with van der Waals surface area (Å²) < 4.78 is 11.6. The van der Waals surface area contributed by atoms with E-state index in [1.54, 1.807) is 12.4 Å². The molecule has 2 unspecified atom stereocenters. The van der Waals surface area contributed by atoms with Gasteiger partial charge in [0, 0.05) is 19.4 Å². The van der Waals surface area contributed by atoms with Crippen LogP contribution in [-0.4, -0.2) is 34.8 Å². The van der Waals surface area contributed by atoms with Crippen LogP contribution in [0.3, 0.4) is 0 Å². The topological polar surface area (TPSA) is 56.3 Å². The molecule has 1 aliphatic rings. The van der Waals surface area contributed by atoms with Gasteiger partial charge in [0.15, 0.2) is 0 Å². The molecule has 2 heterocycles. The first-order valence-corrected chi connectivity index (χ1v) is 7.05. The standard InChI is InChI=1S/C14H23N3O2/c1-4-5-16-13-8-15-9-14(17-13)19-12-6-10(2)18-11(3)7-12/h8-12H,4-7H2,1-3H3,(H,16,17). The number of nitrogens with zero attached hydrogens (tertiary/aromatic N) is 2. The monoisotopic (exact) mass is 265 g/mol. The fourth-order valence-corrected chi connectivity index (χ4v) is 2.35. The smallest absolute Gasteiger partial charge is 0.234 e. The third-order valence-electron chi connectivity index (χ3n) is 3.11. The van der Waals surface area contributed by atoms with Gasteiger partial charge in [-0.1, -0.05) is 6.92 Å². The first-order valence-electron chi connectivity index (χ1n) is 7.05. The molecule has 5 nitrogen and oxygen atoms in total. The van der Waals surface area contributed by atoms with Crippen molar-refractivity contribution < 1.29 is 9.47 Å². The average molecular weight is 265 g/mol. The molecule has 5 heteroatoms. The Morgan fingerprint density at radius 3 is 2.74 bits per heavy atom. The summed E-state index contributed by atoms with van der Waals surface area (Å²) in [5.74, 6) is 1.36. The van der Waals surface area contributed by atoms with Gasteiger partial charge < -0.3 is 14.8 Å². The SMILES string of the molecule is CCCNc1cncc(OC2CC(C)OC(C)C2)n1. The van der Waals surface area contributed by atoms with Crippen LogP contribution in [0.25, 0.3) is 0 Å². The van der Waals surface area contributed by atoms with Crippen LogP contribution >= 0.6 is 0 Å². The molecule has 1 aromatic rings. The Balaban J connectivity index is 1.94. The second-order valence-corrected chi connectivity index (χ2v) is 5.14. The highest BCUT2D eigenvalue weighted by atomic mass is 16.5. The molecule has 1 fully saturated rings. The van der Waals surface area contributed by atoms with Crippen LogP contribution < -0.4 is 10.1 Å². The zero-order valence-electron chi connectivity index (χ0n) is 11.9. The maximum atomic E-state index is 5.92. The summed E-state index contributed by atoms with van der Waals surface area (Å²) in [7, 11) is 0. The van der Waals surface area contributed by atoms with Crippen molar-refractivity contribution in [3.05, 3.63) is 12.4 Å². The maximum absolute atomic E-state index is 5.92. The summed E-state index contributed by atoms with van der Waals surface area (Å²) >= 11 is 0. The lowest BCUT2D eigenvalue weighted by atomic mass is 10.0. The van der Waals surface area contributed by atoms with E-state index in [0.29, 0.717) is 5.88 Å². The molecule has 2 atom stereocenters. The molecule has 0 aromatic carbocycles. The summed E-state index contributed by atoms with van der Waals surface area (Å²) in [6.45, 7) is 7.17. The fraction of sp³-hybridized carbons (Fsp3) is 0.714. The zero-order valence-corrected chi connectivity index (χ0v) is 11.9. The van der Waals surface area contributed by atoms with Crippen molar-refractivity contribution in [3.8, 4) is 5.88 Å². The molecular formula is C14H23N3O2. The van der Waals surface area contributed by atoms with E-state index in [1.165, 1.54) is 0 Å². The second-order valence-electron chi connectivity index (χ2n) is 5.14. The molecule has 1 saturated heterocycles. The zero-order chi connectivity index (χ0) is 13.7. The molecule has 1 aliphatic heterocycles. The Kier molecular flexibility index (Phi) is 4.96. The van der Waals surface area contributed by atoms with E-state index >= 15 is 0 Å². The Labute approximate surface area is 114 Å². The first kappa shape index (κ1) is 14.1. The Bertz CT molecular complexity index is 390. The van der Waals surface area contributed by atoms with Crippen LogP contribution in [0, 0.1) is 0 Å². The predicted molar refractivity (Wildman–Crippen MR) is 74.5 cm³/mol. The summed E-state index contributed by atoms with van der Waals surface area (Å²) in [5.41, 5.74) is 0. The van der Waals surface area contributed by atoms with Gasteiger partial charge in [-0.3, -0.25) is 4.98 Å². The molecule has 0 radical (unpaired) electrons. The van der Waals surface area contributed by atoms with Crippen molar-refractivity contribution in [3.63, 3.8) is 0 Å². The van der Waals surface area contributed by atoms with Gasteiger partial charge in [0.1, 0.15) is 11.9 Å². The van der Waals surface area contributed by atoms with Crippen LogP contribution in [0.15, 0.2) is 12.4 Å². The van der Waals surface area contributed by atoms with Crippen molar-refractivity contribution in [2.24, 2.45) is 0 Å². The molecule has 1 aromatic heterocycles. The summed E-state index contributed by atoms with van der Waals surface area (Å²) in [6.07, 6.45) is 6.89. The minimum absolute atomic E-state index is 0.162. The average Bonchev–Trinajstić information content (AvgIpc) is 2.35. The molecule has 0 bridgehead atoms. The molecular weight excluding hydrogens is 242 g/mol. The number of anilines is 1. The Morgan fingerprint density at radius 2 is 2.05 bits per heavy atom. The largest absolute Gasteiger partial charge is 0.473 e. The summed E-state index contributed by atoms with van der Waals surface area (Å²) in [4.78, 5) is 8.58. The van der Waals surface area contributed by atoms with Gasteiger partial charge in [0.05, 0.1) is 24.6 Å². The lowest BCUT2D eigenvalue weighted by molar-refractivity contribution is -0.0730. The number of hydrogen-bond donors (Lipinski definition) is 1. The van der Waals surface area contributed by atoms with E-state index in [-0.39, 0.29) is 18.3 Å². The van der Waals surface area contributed by atoms with Crippen LogP contribution in [0.1, 0.15) is 40.0 Å². The highest BCUT2D eigenvalue weighted by molar-refractivity contribution is 5.33. The van der Waals surface area contributed by atoms with Crippen LogP contribution in [0.4, 0.5) is 5.82 Å². The number of ether oxygens (including phenoxy) is 2. The molecule has 0 amide bonds.